The fraction of sp³-hybridized carbons (Fsp3) is 0.150. The number of nitrogens with zero attached hydrogens (tertiary/aromatic N) is 2. The van der Waals surface area contributed by atoms with Gasteiger partial charge in [-0.1, -0.05) is 17.7 Å². The van der Waals surface area contributed by atoms with Crippen molar-refractivity contribution in [2.75, 3.05) is 11.1 Å². The Labute approximate surface area is 168 Å². The van der Waals surface area contributed by atoms with E-state index in [-0.39, 0.29) is 22.8 Å². The van der Waals surface area contributed by atoms with E-state index in [4.69, 9.17) is 5.73 Å². The van der Waals surface area contributed by atoms with Gasteiger partial charge in [0.2, 0.25) is 5.91 Å². The van der Waals surface area contributed by atoms with Crippen molar-refractivity contribution in [2.45, 2.75) is 18.2 Å². The van der Waals surface area contributed by atoms with Gasteiger partial charge in [0.05, 0.1) is 16.3 Å². The monoisotopic (exact) mass is 412 g/mol. The molecular weight excluding hydrogens is 392 g/mol. The first-order chi connectivity index (χ1) is 13.7. The highest BCUT2D eigenvalue weighted by Crippen LogP contribution is 2.15. The third-order valence-electron chi connectivity index (χ3n) is 4.24. The molecule has 29 heavy (non-hydrogen) atoms. The fourth-order valence-corrected chi connectivity index (χ4v) is 3.85. The summed E-state index contributed by atoms with van der Waals surface area (Å²) in [6, 6.07) is 14.8. The number of hydrogen-bond donors (Lipinski definition) is 2. The van der Waals surface area contributed by atoms with Crippen LogP contribution < -0.4 is 11.1 Å². The Morgan fingerprint density at radius 1 is 1.03 bits per heavy atom. The van der Waals surface area contributed by atoms with Crippen LogP contribution in [-0.4, -0.2) is 35.8 Å². The van der Waals surface area contributed by atoms with Gasteiger partial charge < -0.3 is 11.1 Å². The average molecular weight is 412 g/mol. The van der Waals surface area contributed by atoms with Crippen molar-refractivity contribution >= 4 is 27.3 Å². The summed E-state index contributed by atoms with van der Waals surface area (Å²) < 4.78 is 26.1. The van der Waals surface area contributed by atoms with Gasteiger partial charge in [-0.15, -0.1) is 0 Å². The van der Waals surface area contributed by atoms with Crippen LogP contribution in [0, 0.1) is 6.92 Å². The molecule has 0 radical (unpaired) electrons. The van der Waals surface area contributed by atoms with Gasteiger partial charge in [-0.25, -0.2) is 13.1 Å². The molecule has 0 spiro atoms. The van der Waals surface area contributed by atoms with Gasteiger partial charge in [0.15, 0.2) is 9.84 Å². The lowest BCUT2D eigenvalue weighted by molar-refractivity contribution is -0.115. The molecule has 8 nitrogen and oxygen atoms in total. The van der Waals surface area contributed by atoms with Crippen molar-refractivity contribution in [1.82, 2.24) is 9.78 Å². The highest BCUT2D eigenvalue weighted by atomic mass is 32.2. The summed E-state index contributed by atoms with van der Waals surface area (Å²) in [5.74, 6) is -1.29. The minimum Gasteiger partial charge on any atom is -0.364 e. The zero-order chi connectivity index (χ0) is 21.0. The number of carbonyl (C=O) groups excluding carboxylic acids is 2. The van der Waals surface area contributed by atoms with Gasteiger partial charge in [0.1, 0.15) is 5.69 Å². The smallest absolute Gasteiger partial charge is 0.269 e. The van der Waals surface area contributed by atoms with E-state index in [9.17, 15) is 18.0 Å². The van der Waals surface area contributed by atoms with Gasteiger partial charge >= 0.3 is 0 Å². The standard InChI is InChI=1S/C20H20N4O4S/c1-14-2-8-17(9-3-14)29(27,28)13-11-19(25)22-15-4-6-16(7-5-15)24-12-10-18(23-24)20(21)26/h2-10,12H,11,13H2,1H3,(H2,21,26)(H,22,25). The molecule has 3 aromatic rings. The summed E-state index contributed by atoms with van der Waals surface area (Å²) in [6.07, 6.45) is 1.45. The molecule has 0 bridgehead atoms. The van der Waals surface area contributed by atoms with E-state index in [0.29, 0.717) is 11.4 Å². The zero-order valence-corrected chi connectivity index (χ0v) is 16.5. The molecule has 2 aromatic carbocycles. The van der Waals surface area contributed by atoms with Crippen LogP contribution >= 0.6 is 0 Å². The predicted octanol–water partition coefficient (Wildman–Crippen LogP) is 2.08. The second-order valence-corrected chi connectivity index (χ2v) is 8.60. The zero-order valence-electron chi connectivity index (χ0n) is 15.7. The van der Waals surface area contributed by atoms with Crippen LogP contribution in [0.4, 0.5) is 5.69 Å². The number of anilines is 1. The molecule has 0 saturated carbocycles. The van der Waals surface area contributed by atoms with Crippen molar-refractivity contribution in [3.05, 3.63) is 72.1 Å². The molecule has 0 atom stereocenters. The van der Waals surface area contributed by atoms with Crippen molar-refractivity contribution in [3.63, 3.8) is 0 Å². The Balaban J connectivity index is 1.59. The van der Waals surface area contributed by atoms with E-state index in [1.807, 2.05) is 6.92 Å². The van der Waals surface area contributed by atoms with Gasteiger partial charge in [0, 0.05) is 18.3 Å². The first-order valence-electron chi connectivity index (χ1n) is 8.80. The van der Waals surface area contributed by atoms with Gasteiger partial charge in [-0.05, 0) is 49.4 Å². The number of carbonyl (C=O) groups is 2. The van der Waals surface area contributed by atoms with Crippen LogP contribution in [0.25, 0.3) is 5.69 Å². The van der Waals surface area contributed by atoms with Crippen molar-refractivity contribution in [3.8, 4) is 5.69 Å². The lowest BCUT2D eigenvalue weighted by atomic mass is 10.2. The van der Waals surface area contributed by atoms with E-state index >= 15 is 0 Å². The number of primary amides is 1. The lowest BCUT2D eigenvalue weighted by Gasteiger charge is -2.08. The summed E-state index contributed by atoms with van der Waals surface area (Å²) in [6.45, 7) is 1.87. The summed E-state index contributed by atoms with van der Waals surface area (Å²) >= 11 is 0. The number of aryl methyl sites for hydroxylation is 1. The summed E-state index contributed by atoms with van der Waals surface area (Å²) in [5.41, 5.74) is 7.50. The molecule has 0 saturated heterocycles. The summed E-state index contributed by atoms with van der Waals surface area (Å²) in [4.78, 5) is 23.5. The van der Waals surface area contributed by atoms with E-state index in [1.54, 1.807) is 54.7 Å². The Kier molecular flexibility index (Phi) is 5.79. The third kappa shape index (κ3) is 5.08. The van der Waals surface area contributed by atoms with Crippen LogP contribution in [0.3, 0.4) is 0 Å². The Hall–Kier alpha value is -3.46. The molecule has 9 heteroatoms. The van der Waals surface area contributed by atoms with Gasteiger partial charge in [-0.2, -0.15) is 5.10 Å². The summed E-state index contributed by atoms with van der Waals surface area (Å²) in [7, 11) is -3.52. The van der Waals surface area contributed by atoms with Crippen LogP contribution in [0.1, 0.15) is 22.5 Å². The topological polar surface area (TPSA) is 124 Å². The van der Waals surface area contributed by atoms with E-state index < -0.39 is 21.7 Å². The molecular formula is C20H20N4O4S. The van der Waals surface area contributed by atoms with Crippen LogP contribution in [0.5, 0.6) is 0 Å². The number of sulfone groups is 1. The number of hydrogen-bond acceptors (Lipinski definition) is 5. The molecule has 3 rings (SSSR count). The Morgan fingerprint density at radius 3 is 2.28 bits per heavy atom. The predicted molar refractivity (Wildman–Crippen MR) is 109 cm³/mol. The normalized spacial score (nSPS) is 11.2. The molecule has 2 amide bonds. The molecule has 1 heterocycles. The maximum atomic E-state index is 12.3. The number of amides is 2. The van der Waals surface area contributed by atoms with Crippen LogP contribution in [0.2, 0.25) is 0 Å². The molecule has 0 aliphatic rings. The fourth-order valence-electron chi connectivity index (χ4n) is 2.61. The van der Waals surface area contributed by atoms with Crippen molar-refractivity contribution in [1.29, 1.82) is 0 Å². The molecule has 150 valence electrons. The SMILES string of the molecule is Cc1ccc(S(=O)(=O)CCC(=O)Nc2ccc(-n3ccc(C(N)=O)n3)cc2)cc1. The minimum atomic E-state index is -3.52. The number of nitrogens with two attached hydrogens (primary N) is 1. The third-order valence-corrected chi connectivity index (χ3v) is 5.97. The molecule has 0 aliphatic carbocycles. The van der Waals surface area contributed by atoms with Crippen LogP contribution in [0.15, 0.2) is 65.7 Å². The number of benzene rings is 2. The second kappa shape index (κ2) is 8.27. The molecule has 0 unspecified atom stereocenters. The van der Waals surface area contributed by atoms with Crippen molar-refractivity contribution < 1.29 is 18.0 Å². The number of rotatable bonds is 7. The van der Waals surface area contributed by atoms with E-state index in [2.05, 4.69) is 10.4 Å². The average Bonchev–Trinajstić information content (AvgIpc) is 3.18. The van der Waals surface area contributed by atoms with Gasteiger partial charge in [-0.3, -0.25) is 9.59 Å². The van der Waals surface area contributed by atoms with Crippen LogP contribution in [-0.2, 0) is 14.6 Å². The number of nitrogens with one attached hydrogen (secondary N) is 1. The molecule has 1 aromatic heterocycles. The largest absolute Gasteiger partial charge is 0.364 e. The highest BCUT2D eigenvalue weighted by Gasteiger charge is 2.16. The van der Waals surface area contributed by atoms with Gasteiger partial charge in [0.25, 0.3) is 5.91 Å². The molecule has 3 N–H and O–H groups in total. The van der Waals surface area contributed by atoms with Crippen molar-refractivity contribution in [2.24, 2.45) is 5.73 Å². The second-order valence-electron chi connectivity index (χ2n) is 6.49. The molecule has 0 fully saturated rings. The lowest BCUT2D eigenvalue weighted by Crippen LogP contribution is -2.17. The Bertz CT molecular complexity index is 1130. The number of aromatic nitrogens is 2. The minimum absolute atomic E-state index is 0.150. The van der Waals surface area contributed by atoms with E-state index in [1.165, 1.54) is 10.7 Å². The Morgan fingerprint density at radius 2 is 1.69 bits per heavy atom. The quantitative estimate of drug-likeness (QED) is 0.615. The van der Waals surface area contributed by atoms with E-state index in [0.717, 1.165) is 5.56 Å². The molecule has 0 aliphatic heterocycles. The first-order valence-corrected chi connectivity index (χ1v) is 10.4. The maximum absolute atomic E-state index is 12.3. The maximum Gasteiger partial charge on any atom is 0.269 e. The summed E-state index contributed by atoms with van der Waals surface area (Å²) in [5, 5.41) is 6.72. The first kappa shape index (κ1) is 20.3. The highest BCUT2D eigenvalue weighted by molar-refractivity contribution is 7.91.